The summed E-state index contributed by atoms with van der Waals surface area (Å²) in [6.07, 6.45) is 1.94. The Morgan fingerprint density at radius 3 is 2.91 bits per heavy atom. The van der Waals surface area contributed by atoms with E-state index in [1.165, 1.54) is 0 Å². The van der Waals surface area contributed by atoms with Crippen LogP contribution in [0.2, 0.25) is 5.28 Å². The highest BCUT2D eigenvalue weighted by molar-refractivity contribution is 6.28. The van der Waals surface area contributed by atoms with Gasteiger partial charge in [-0.25, -0.2) is 4.39 Å². The second-order valence-electron chi connectivity index (χ2n) is 5.10. The molecule has 124 valence electrons. The molecule has 0 unspecified atom stereocenters. The second kappa shape index (κ2) is 7.16. The number of nitrogens with one attached hydrogen (secondary N) is 2. The standard InChI is InChI=1S/C14H15ClFN5O.ClH/c1-7(17)5-9-11(16)10-12(18-6-8-3-2-4-22-8)20-14(15)21-13(10)19-9;/h2-4,7H,5-6,17H2,1H3,(H2,18,19,20,21);1H/t7-;/m0./s1. The Hall–Kier alpha value is -1.83. The Balaban J connectivity index is 0.00000192. The SMILES string of the molecule is C[C@H](N)Cc1[nH]c2nc(Cl)nc(NCc3ccco3)c2c1F.Cl. The van der Waals surface area contributed by atoms with Crippen molar-refractivity contribution in [3.8, 4) is 0 Å². The number of aromatic amines is 1. The van der Waals surface area contributed by atoms with Crippen LogP contribution >= 0.6 is 24.0 Å². The third-order valence-corrected chi connectivity index (χ3v) is 3.34. The fraction of sp³-hybridized carbons (Fsp3) is 0.286. The summed E-state index contributed by atoms with van der Waals surface area (Å²) in [4.78, 5) is 11.0. The van der Waals surface area contributed by atoms with E-state index in [4.69, 9.17) is 21.8 Å². The average molecular weight is 360 g/mol. The minimum absolute atomic E-state index is 0. The molecule has 0 fully saturated rings. The van der Waals surface area contributed by atoms with Crippen LogP contribution in [0.4, 0.5) is 10.2 Å². The zero-order valence-corrected chi connectivity index (χ0v) is 13.8. The predicted octanol–water partition coefficient (Wildman–Crippen LogP) is 3.27. The average Bonchev–Trinajstić information content (AvgIpc) is 3.05. The van der Waals surface area contributed by atoms with Crippen LogP contribution in [0, 0.1) is 5.82 Å². The van der Waals surface area contributed by atoms with Crippen LogP contribution in [0.5, 0.6) is 0 Å². The summed E-state index contributed by atoms with van der Waals surface area (Å²) >= 11 is 5.90. The second-order valence-corrected chi connectivity index (χ2v) is 5.43. The largest absolute Gasteiger partial charge is 0.467 e. The van der Waals surface area contributed by atoms with E-state index in [9.17, 15) is 4.39 Å². The van der Waals surface area contributed by atoms with Gasteiger partial charge in [-0.05, 0) is 30.7 Å². The number of H-pyrrole nitrogens is 1. The molecule has 0 amide bonds. The number of hydrogen-bond donors (Lipinski definition) is 3. The van der Waals surface area contributed by atoms with Crippen molar-refractivity contribution in [1.29, 1.82) is 0 Å². The van der Waals surface area contributed by atoms with Crippen molar-refractivity contribution in [2.24, 2.45) is 5.73 Å². The van der Waals surface area contributed by atoms with E-state index in [1.807, 2.05) is 6.07 Å². The Bertz CT molecular complexity index is 788. The fourth-order valence-corrected chi connectivity index (χ4v) is 2.42. The number of halogens is 3. The van der Waals surface area contributed by atoms with Crippen LogP contribution in [0.15, 0.2) is 22.8 Å². The normalized spacial score (nSPS) is 12.2. The van der Waals surface area contributed by atoms with Crippen molar-refractivity contribution >= 4 is 40.9 Å². The third-order valence-electron chi connectivity index (χ3n) is 3.17. The number of nitrogens with zero attached hydrogens (tertiary/aromatic N) is 2. The molecule has 3 aromatic rings. The van der Waals surface area contributed by atoms with Crippen molar-refractivity contribution in [1.82, 2.24) is 15.0 Å². The molecule has 0 bridgehead atoms. The fourth-order valence-electron chi connectivity index (χ4n) is 2.26. The van der Waals surface area contributed by atoms with Gasteiger partial charge < -0.3 is 20.5 Å². The highest BCUT2D eigenvalue weighted by Crippen LogP contribution is 2.28. The summed E-state index contributed by atoms with van der Waals surface area (Å²) in [6, 6.07) is 3.41. The molecule has 3 aromatic heterocycles. The van der Waals surface area contributed by atoms with Gasteiger partial charge in [0, 0.05) is 12.5 Å². The maximum absolute atomic E-state index is 14.6. The van der Waals surface area contributed by atoms with Gasteiger partial charge in [-0.2, -0.15) is 9.97 Å². The third kappa shape index (κ3) is 3.74. The van der Waals surface area contributed by atoms with Crippen molar-refractivity contribution in [3.63, 3.8) is 0 Å². The van der Waals surface area contributed by atoms with Crippen LogP contribution in [0.3, 0.4) is 0 Å². The van der Waals surface area contributed by atoms with Crippen molar-refractivity contribution in [3.05, 3.63) is 41.0 Å². The number of aromatic nitrogens is 3. The number of nitrogens with two attached hydrogens (primary N) is 1. The van der Waals surface area contributed by atoms with Gasteiger partial charge in [0.25, 0.3) is 0 Å². The first kappa shape index (κ1) is 17.5. The van der Waals surface area contributed by atoms with E-state index in [1.54, 1.807) is 19.3 Å². The van der Waals surface area contributed by atoms with Gasteiger partial charge in [0.2, 0.25) is 5.28 Å². The van der Waals surface area contributed by atoms with Gasteiger partial charge in [-0.3, -0.25) is 0 Å². The molecule has 0 aliphatic heterocycles. The Morgan fingerprint density at radius 2 is 2.26 bits per heavy atom. The molecule has 6 nitrogen and oxygen atoms in total. The van der Waals surface area contributed by atoms with Gasteiger partial charge in [0.05, 0.1) is 23.9 Å². The molecule has 0 aromatic carbocycles. The highest BCUT2D eigenvalue weighted by atomic mass is 35.5. The molecule has 0 spiro atoms. The molecular weight excluding hydrogens is 344 g/mol. The number of hydrogen-bond acceptors (Lipinski definition) is 5. The lowest BCUT2D eigenvalue weighted by molar-refractivity contribution is 0.518. The van der Waals surface area contributed by atoms with E-state index < -0.39 is 5.82 Å². The lowest BCUT2D eigenvalue weighted by Crippen LogP contribution is -2.18. The van der Waals surface area contributed by atoms with E-state index in [-0.39, 0.29) is 29.1 Å². The minimum Gasteiger partial charge on any atom is -0.467 e. The summed E-state index contributed by atoms with van der Waals surface area (Å²) in [7, 11) is 0. The molecule has 1 atom stereocenters. The first-order valence-corrected chi connectivity index (χ1v) is 7.18. The van der Waals surface area contributed by atoms with Crippen LogP contribution in [-0.2, 0) is 13.0 Å². The van der Waals surface area contributed by atoms with Crippen LogP contribution in [0.1, 0.15) is 18.4 Å². The molecule has 0 aliphatic carbocycles. The van der Waals surface area contributed by atoms with Gasteiger partial charge in [-0.1, -0.05) is 0 Å². The van der Waals surface area contributed by atoms with E-state index in [2.05, 4.69) is 20.3 Å². The lowest BCUT2D eigenvalue weighted by atomic mass is 10.2. The summed E-state index contributed by atoms with van der Waals surface area (Å²) in [5, 5.41) is 3.32. The molecule has 23 heavy (non-hydrogen) atoms. The first-order chi connectivity index (χ1) is 10.5. The molecule has 3 heterocycles. The molecule has 9 heteroatoms. The number of furan rings is 1. The van der Waals surface area contributed by atoms with Gasteiger partial charge in [-0.15, -0.1) is 12.4 Å². The molecule has 0 radical (unpaired) electrons. The number of anilines is 1. The summed E-state index contributed by atoms with van der Waals surface area (Å²) in [5.41, 5.74) is 6.46. The maximum Gasteiger partial charge on any atom is 0.226 e. The molecule has 3 rings (SSSR count). The number of fused-ring (bicyclic) bond motifs is 1. The van der Waals surface area contributed by atoms with Crippen LogP contribution in [-0.4, -0.2) is 21.0 Å². The molecule has 0 saturated carbocycles. The molecule has 0 saturated heterocycles. The maximum atomic E-state index is 14.6. The lowest BCUT2D eigenvalue weighted by Gasteiger charge is -2.05. The molecular formula is C14H16Cl2FN5O. The smallest absolute Gasteiger partial charge is 0.226 e. The van der Waals surface area contributed by atoms with E-state index in [0.717, 1.165) is 0 Å². The molecule has 0 aliphatic rings. The van der Waals surface area contributed by atoms with Crippen LogP contribution < -0.4 is 11.1 Å². The van der Waals surface area contributed by atoms with Gasteiger partial charge in [0.1, 0.15) is 17.2 Å². The monoisotopic (exact) mass is 359 g/mol. The van der Waals surface area contributed by atoms with Crippen LogP contribution in [0.25, 0.3) is 11.0 Å². The highest BCUT2D eigenvalue weighted by Gasteiger charge is 2.19. The molecule has 4 N–H and O–H groups in total. The summed E-state index contributed by atoms with van der Waals surface area (Å²) in [6.45, 7) is 2.17. The Kier molecular flexibility index (Phi) is 5.46. The topological polar surface area (TPSA) is 92.8 Å². The number of rotatable bonds is 5. The summed E-state index contributed by atoms with van der Waals surface area (Å²) in [5.74, 6) is 0.608. The zero-order valence-electron chi connectivity index (χ0n) is 12.3. The van der Waals surface area contributed by atoms with Gasteiger partial charge >= 0.3 is 0 Å². The minimum atomic E-state index is -0.411. The Morgan fingerprint density at radius 1 is 1.48 bits per heavy atom. The van der Waals surface area contributed by atoms with Crippen molar-refractivity contribution < 1.29 is 8.81 Å². The van der Waals surface area contributed by atoms with Crippen molar-refractivity contribution in [2.45, 2.75) is 25.9 Å². The van der Waals surface area contributed by atoms with Gasteiger partial charge in [0.15, 0.2) is 5.82 Å². The Labute approximate surface area is 143 Å². The quantitative estimate of drug-likeness (QED) is 0.608. The van der Waals surface area contributed by atoms with E-state index in [0.29, 0.717) is 35.9 Å². The summed E-state index contributed by atoms with van der Waals surface area (Å²) < 4.78 is 19.8. The predicted molar refractivity (Wildman–Crippen MR) is 89.5 cm³/mol. The zero-order chi connectivity index (χ0) is 15.7. The van der Waals surface area contributed by atoms with Crippen molar-refractivity contribution in [2.75, 3.05) is 5.32 Å². The van der Waals surface area contributed by atoms with E-state index >= 15 is 0 Å². The first-order valence-electron chi connectivity index (χ1n) is 6.80.